The largest absolute Gasteiger partial charge is 0.447 e. The van der Waals surface area contributed by atoms with E-state index in [2.05, 4.69) is 10.3 Å². The van der Waals surface area contributed by atoms with E-state index in [0.29, 0.717) is 13.2 Å². The number of ether oxygens (including phenoxy) is 1. The lowest BCUT2D eigenvalue weighted by Gasteiger charge is -2.29. The second kappa shape index (κ2) is 11.0. The first kappa shape index (κ1) is 24.9. The lowest BCUT2D eigenvalue weighted by Crippen LogP contribution is -2.32. The zero-order valence-corrected chi connectivity index (χ0v) is 19.4. The van der Waals surface area contributed by atoms with Crippen molar-refractivity contribution in [3.8, 4) is 0 Å². The van der Waals surface area contributed by atoms with E-state index in [1.807, 2.05) is 42.2 Å². The van der Waals surface area contributed by atoms with Gasteiger partial charge in [-0.25, -0.2) is 4.98 Å². The van der Waals surface area contributed by atoms with Crippen molar-refractivity contribution in [1.82, 2.24) is 15.2 Å². The molecule has 2 heterocycles. The lowest BCUT2D eigenvalue weighted by molar-refractivity contribution is -0.138. The number of hydrogen-bond donors (Lipinski definition) is 1. The summed E-state index contributed by atoms with van der Waals surface area (Å²) in [6.45, 7) is 3.16. The summed E-state index contributed by atoms with van der Waals surface area (Å²) < 4.78 is 51.9. The van der Waals surface area contributed by atoms with Crippen LogP contribution in [0.15, 0.2) is 65.3 Å². The zero-order valence-electron chi connectivity index (χ0n) is 19.4. The molecule has 9 heteroatoms. The minimum atomic E-state index is -4.46. The monoisotopic (exact) mass is 487 g/mol. The molecule has 0 bridgehead atoms. The molecule has 1 aliphatic rings. The highest BCUT2D eigenvalue weighted by Crippen LogP contribution is 2.34. The quantitative estimate of drug-likeness (QED) is 0.440. The Morgan fingerprint density at radius 1 is 1.14 bits per heavy atom. The van der Waals surface area contributed by atoms with Gasteiger partial charge in [0.05, 0.1) is 18.2 Å². The van der Waals surface area contributed by atoms with Gasteiger partial charge < -0.3 is 14.5 Å². The summed E-state index contributed by atoms with van der Waals surface area (Å²) in [5.74, 6) is -0.125. The number of rotatable bonds is 9. The van der Waals surface area contributed by atoms with Crippen LogP contribution in [-0.4, -0.2) is 35.0 Å². The van der Waals surface area contributed by atoms with Crippen molar-refractivity contribution in [2.45, 2.75) is 51.2 Å². The molecule has 2 aromatic carbocycles. The Kier molecular flexibility index (Phi) is 7.87. The molecular weight excluding hydrogens is 459 g/mol. The molecule has 0 aliphatic carbocycles. The van der Waals surface area contributed by atoms with E-state index in [9.17, 15) is 18.0 Å². The third-order valence-electron chi connectivity index (χ3n) is 6.16. The first-order chi connectivity index (χ1) is 16.8. The van der Waals surface area contributed by atoms with Gasteiger partial charge in [-0.3, -0.25) is 9.69 Å². The first-order valence-electron chi connectivity index (χ1n) is 11.6. The molecule has 186 valence electrons. The summed E-state index contributed by atoms with van der Waals surface area (Å²) in [6.07, 6.45) is -1.32. The van der Waals surface area contributed by atoms with Gasteiger partial charge in [0.25, 0.3) is 5.91 Å². The Morgan fingerprint density at radius 3 is 2.60 bits per heavy atom. The number of carbonyl (C=O) groups excluding carboxylic acids is 1. The maximum Gasteiger partial charge on any atom is 0.416 e. The van der Waals surface area contributed by atoms with Crippen molar-refractivity contribution in [3.05, 3.63) is 89.1 Å². The molecular formula is C26H28F3N3O3. The fourth-order valence-corrected chi connectivity index (χ4v) is 4.19. The summed E-state index contributed by atoms with van der Waals surface area (Å²) in [4.78, 5) is 18.6. The number of amides is 1. The van der Waals surface area contributed by atoms with Crippen molar-refractivity contribution in [1.29, 1.82) is 0 Å². The Hall–Kier alpha value is -3.17. The molecule has 1 aliphatic heterocycles. The second-order valence-corrected chi connectivity index (χ2v) is 8.62. The number of benzene rings is 2. The van der Waals surface area contributed by atoms with Gasteiger partial charge in [0.1, 0.15) is 6.26 Å². The van der Waals surface area contributed by atoms with E-state index in [-0.39, 0.29) is 48.3 Å². The fourth-order valence-electron chi connectivity index (χ4n) is 4.19. The van der Waals surface area contributed by atoms with Crippen molar-refractivity contribution in [2.75, 3.05) is 13.2 Å². The maximum absolute atomic E-state index is 13.6. The van der Waals surface area contributed by atoms with Gasteiger partial charge in [0.2, 0.25) is 5.89 Å². The van der Waals surface area contributed by atoms with E-state index in [4.69, 9.17) is 9.15 Å². The van der Waals surface area contributed by atoms with Gasteiger partial charge in [-0.05, 0) is 37.0 Å². The van der Waals surface area contributed by atoms with Gasteiger partial charge in [-0.1, -0.05) is 48.5 Å². The summed E-state index contributed by atoms with van der Waals surface area (Å²) in [5, 5.41) is 2.80. The van der Waals surface area contributed by atoms with Gasteiger partial charge in [0, 0.05) is 25.7 Å². The van der Waals surface area contributed by atoms with Gasteiger partial charge >= 0.3 is 6.18 Å². The van der Waals surface area contributed by atoms with Crippen LogP contribution in [0.3, 0.4) is 0 Å². The predicted octanol–water partition coefficient (Wildman–Crippen LogP) is 5.37. The Bertz CT molecular complexity index is 1110. The molecule has 2 atom stereocenters. The van der Waals surface area contributed by atoms with Crippen LogP contribution in [0.2, 0.25) is 0 Å². The number of oxazole rings is 1. The van der Waals surface area contributed by atoms with Gasteiger partial charge in [-0.15, -0.1) is 0 Å². The summed E-state index contributed by atoms with van der Waals surface area (Å²) >= 11 is 0. The van der Waals surface area contributed by atoms with Crippen LogP contribution in [0.1, 0.15) is 58.9 Å². The van der Waals surface area contributed by atoms with Crippen LogP contribution in [0, 0.1) is 0 Å². The van der Waals surface area contributed by atoms with Crippen LogP contribution in [0.5, 0.6) is 0 Å². The highest BCUT2D eigenvalue weighted by atomic mass is 19.4. The summed E-state index contributed by atoms with van der Waals surface area (Å²) in [5.41, 5.74) is 0.551. The predicted molar refractivity (Wildman–Crippen MR) is 123 cm³/mol. The highest BCUT2D eigenvalue weighted by molar-refractivity contribution is 5.91. The molecule has 1 amide bonds. The van der Waals surface area contributed by atoms with E-state index in [1.54, 1.807) is 6.07 Å². The molecule has 0 spiro atoms. The third kappa shape index (κ3) is 6.49. The molecule has 1 saturated heterocycles. The first-order valence-corrected chi connectivity index (χ1v) is 11.6. The molecule has 1 N–H and O–H groups in total. The number of aromatic nitrogens is 1. The smallest absolute Gasteiger partial charge is 0.416 e. The van der Waals surface area contributed by atoms with Gasteiger partial charge in [0.15, 0.2) is 5.69 Å². The van der Waals surface area contributed by atoms with Crippen molar-refractivity contribution < 1.29 is 27.1 Å². The molecule has 0 unspecified atom stereocenters. The van der Waals surface area contributed by atoms with Crippen molar-refractivity contribution >= 4 is 5.91 Å². The minimum Gasteiger partial charge on any atom is -0.447 e. The standard InChI is InChI=1S/C26H28F3N3O3/c1-18(19-8-3-2-4-9-19)32(15-20-10-5-6-12-22(20)26(27,28)29)16-24-31-23(17-35-24)25(33)30-14-21-11-7-13-34-21/h2-6,8-10,12,17-18,21H,7,11,13-16H2,1H3,(H,30,33)/t18-,21+/m1/s1. The summed E-state index contributed by atoms with van der Waals surface area (Å²) in [7, 11) is 0. The third-order valence-corrected chi connectivity index (χ3v) is 6.16. The lowest BCUT2D eigenvalue weighted by atomic mass is 10.0. The number of hydrogen-bond acceptors (Lipinski definition) is 5. The van der Waals surface area contributed by atoms with E-state index >= 15 is 0 Å². The van der Waals surface area contributed by atoms with Crippen molar-refractivity contribution in [2.24, 2.45) is 0 Å². The number of carbonyl (C=O) groups is 1. The molecule has 0 saturated carbocycles. The fraction of sp³-hybridized carbons (Fsp3) is 0.385. The number of alkyl halides is 3. The van der Waals surface area contributed by atoms with E-state index in [1.165, 1.54) is 18.4 Å². The molecule has 35 heavy (non-hydrogen) atoms. The number of nitrogens with zero attached hydrogens (tertiary/aromatic N) is 2. The SMILES string of the molecule is C[C@H](c1ccccc1)N(Cc1nc(C(=O)NC[C@@H]2CCCO2)co1)Cc1ccccc1C(F)(F)F. The van der Waals surface area contributed by atoms with Gasteiger partial charge in [-0.2, -0.15) is 13.2 Å². The molecule has 1 fully saturated rings. The topological polar surface area (TPSA) is 67.6 Å². The average Bonchev–Trinajstić information content (AvgIpc) is 3.54. The molecule has 4 rings (SSSR count). The molecule has 1 aromatic heterocycles. The maximum atomic E-state index is 13.6. The Balaban J connectivity index is 1.52. The molecule has 3 aromatic rings. The highest BCUT2D eigenvalue weighted by Gasteiger charge is 2.34. The van der Waals surface area contributed by atoms with Crippen LogP contribution >= 0.6 is 0 Å². The number of nitrogens with one attached hydrogen (secondary N) is 1. The summed E-state index contributed by atoms with van der Waals surface area (Å²) in [6, 6.07) is 14.8. The number of halogens is 3. The average molecular weight is 488 g/mol. The minimum absolute atomic E-state index is 0.00114. The zero-order chi connectivity index (χ0) is 24.8. The van der Waals surface area contributed by atoms with Crippen LogP contribution in [-0.2, 0) is 24.0 Å². The molecule has 0 radical (unpaired) electrons. The van der Waals surface area contributed by atoms with Crippen LogP contribution in [0.25, 0.3) is 0 Å². The van der Waals surface area contributed by atoms with Crippen molar-refractivity contribution in [3.63, 3.8) is 0 Å². The second-order valence-electron chi connectivity index (χ2n) is 8.62. The Labute approximate surface area is 202 Å². The molecule has 6 nitrogen and oxygen atoms in total. The van der Waals surface area contributed by atoms with E-state index < -0.39 is 11.7 Å². The van der Waals surface area contributed by atoms with Crippen LogP contribution < -0.4 is 5.32 Å². The van der Waals surface area contributed by atoms with Crippen LogP contribution in [0.4, 0.5) is 13.2 Å². The Morgan fingerprint density at radius 2 is 1.89 bits per heavy atom. The van der Waals surface area contributed by atoms with E-state index in [0.717, 1.165) is 24.5 Å². The normalized spacial score (nSPS) is 17.0.